The molecule has 1 aliphatic rings. The summed E-state index contributed by atoms with van der Waals surface area (Å²) >= 11 is 0. The summed E-state index contributed by atoms with van der Waals surface area (Å²) in [6, 6.07) is 0. The average molecular weight is 224 g/mol. The molecular formula is C15H28O. The minimum Gasteiger partial charge on any atom is -0.299 e. The Hall–Kier alpha value is -0.330. The third-order valence-corrected chi connectivity index (χ3v) is 3.93. The summed E-state index contributed by atoms with van der Waals surface area (Å²) in [5, 5.41) is 0. The smallest absolute Gasteiger partial charge is 0.135 e. The Morgan fingerprint density at radius 2 is 1.81 bits per heavy atom. The maximum atomic E-state index is 11.7. The molecule has 1 saturated carbocycles. The fraction of sp³-hybridized carbons (Fsp3) is 0.933. The van der Waals surface area contributed by atoms with Crippen LogP contribution < -0.4 is 0 Å². The van der Waals surface area contributed by atoms with Gasteiger partial charge in [0.1, 0.15) is 5.78 Å². The molecule has 16 heavy (non-hydrogen) atoms. The number of carbonyl (C=O) groups is 1. The Morgan fingerprint density at radius 3 is 2.56 bits per heavy atom. The summed E-state index contributed by atoms with van der Waals surface area (Å²) in [7, 11) is 0. The van der Waals surface area contributed by atoms with Crippen molar-refractivity contribution in [2.45, 2.75) is 78.1 Å². The van der Waals surface area contributed by atoms with E-state index in [2.05, 4.69) is 13.8 Å². The second kappa shape index (κ2) is 7.86. The Kier molecular flexibility index (Phi) is 6.75. The minimum absolute atomic E-state index is 0.412. The Balaban J connectivity index is 2.05. The first-order valence-corrected chi connectivity index (χ1v) is 7.26. The van der Waals surface area contributed by atoms with E-state index < -0.39 is 0 Å². The van der Waals surface area contributed by atoms with E-state index in [1.165, 1.54) is 38.5 Å². The van der Waals surface area contributed by atoms with Crippen molar-refractivity contribution in [3.05, 3.63) is 0 Å². The molecule has 0 saturated heterocycles. The fourth-order valence-corrected chi connectivity index (χ4v) is 2.78. The number of carbonyl (C=O) groups excluding carboxylic acids is 1. The zero-order valence-electron chi connectivity index (χ0n) is 11.1. The predicted octanol–water partition coefficient (Wildman–Crippen LogP) is 4.74. The lowest BCUT2D eigenvalue weighted by Gasteiger charge is -2.25. The topological polar surface area (TPSA) is 17.1 Å². The lowest BCUT2D eigenvalue weighted by Crippen LogP contribution is -2.23. The van der Waals surface area contributed by atoms with Crippen LogP contribution in [0.4, 0.5) is 0 Å². The van der Waals surface area contributed by atoms with Crippen LogP contribution in [0.3, 0.4) is 0 Å². The SMILES string of the molecule is CCCCCCCC[C@H]1C[C@@H](C)CCC1=O. The van der Waals surface area contributed by atoms with Crippen LogP contribution in [0.25, 0.3) is 0 Å². The lowest BCUT2D eigenvalue weighted by molar-refractivity contribution is -0.125. The average Bonchev–Trinajstić information content (AvgIpc) is 2.28. The van der Waals surface area contributed by atoms with Crippen LogP contribution in [-0.4, -0.2) is 5.78 Å². The first kappa shape index (κ1) is 13.7. The van der Waals surface area contributed by atoms with Crippen molar-refractivity contribution >= 4 is 5.78 Å². The van der Waals surface area contributed by atoms with Crippen LogP contribution in [0.15, 0.2) is 0 Å². The maximum Gasteiger partial charge on any atom is 0.135 e. The van der Waals surface area contributed by atoms with Gasteiger partial charge in [-0.25, -0.2) is 0 Å². The van der Waals surface area contributed by atoms with E-state index >= 15 is 0 Å². The lowest BCUT2D eigenvalue weighted by atomic mass is 9.79. The van der Waals surface area contributed by atoms with Gasteiger partial charge in [0, 0.05) is 12.3 Å². The molecule has 1 rings (SSSR count). The van der Waals surface area contributed by atoms with E-state index in [4.69, 9.17) is 0 Å². The molecule has 1 heteroatoms. The molecule has 0 aromatic carbocycles. The quantitative estimate of drug-likeness (QED) is 0.571. The number of hydrogen-bond donors (Lipinski definition) is 0. The highest BCUT2D eigenvalue weighted by Gasteiger charge is 2.25. The molecule has 0 N–H and O–H groups in total. The van der Waals surface area contributed by atoms with Crippen molar-refractivity contribution < 1.29 is 4.79 Å². The van der Waals surface area contributed by atoms with Crippen LogP contribution in [0.5, 0.6) is 0 Å². The molecule has 0 heterocycles. The Labute approximate surface area is 101 Å². The highest BCUT2D eigenvalue weighted by molar-refractivity contribution is 5.81. The highest BCUT2D eigenvalue weighted by atomic mass is 16.1. The predicted molar refractivity (Wildman–Crippen MR) is 69.5 cm³/mol. The number of unbranched alkanes of at least 4 members (excludes halogenated alkanes) is 5. The zero-order valence-corrected chi connectivity index (χ0v) is 11.1. The Morgan fingerprint density at radius 1 is 1.12 bits per heavy atom. The third-order valence-electron chi connectivity index (χ3n) is 3.93. The summed E-state index contributed by atoms with van der Waals surface area (Å²) in [5.74, 6) is 1.74. The zero-order chi connectivity index (χ0) is 11.8. The van der Waals surface area contributed by atoms with Crippen LogP contribution in [-0.2, 0) is 4.79 Å². The van der Waals surface area contributed by atoms with Gasteiger partial charge in [-0.3, -0.25) is 4.79 Å². The second-order valence-corrected chi connectivity index (χ2v) is 5.60. The third kappa shape index (κ3) is 5.14. The molecule has 0 radical (unpaired) electrons. The standard InChI is InChI=1S/C15H28O/c1-3-4-5-6-7-8-9-14-12-13(2)10-11-15(14)16/h13-14H,3-12H2,1-2H3/t13-,14-/m0/s1. The minimum atomic E-state index is 0.412. The molecule has 0 aromatic heterocycles. The van der Waals surface area contributed by atoms with E-state index in [9.17, 15) is 4.79 Å². The van der Waals surface area contributed by atoms with Crippen LogP contribution in [0.1, 0.15) is 78.1 Å². The monoisotopic (exact) mass is 224 g/mol. The molecule has 0 unspecified atom stereocenters. The molecule has 2 atom stereocenters. The van der Waals surface area contributed by atoms with Gasteiger partial charge in [0.25, 0.3) is 0 Å². The number of rotatable bonds is 7. The first-order chi connectivity index (χ1) is 7.74. The molecule has 0 bridgehead atoms. The van der Waals surface area contributed by atoms with E-state index in [-0.39, 0.29) is 0 Å². The molecule has 1 aliphatic carbocycles. The van der Waals surface area contributed by atoms with Gasteiger partial charge in [-0.2, -0.15) is 0 Å². The summed E-state index contributed by atoms with van der Waals surface area (Å²) in [6.45, 7) is 4.54. The maximum absolute atomic E-state index is 11.7. The normalized spacial score (nSPS) is 26.0. The molecule has 0 aromatic rings. The molecule has 0 spiro atoms. The van der Waals surface area contributed by atoms with Crippen LogP contribution in [0.2, 0.25) is 0 Å². The molecule has 94 valence electrons. The van der Waals surface area contributed by atoms with Crippen molar-refractivity contribution in [2.24, 2.45) is 11.8 Å². The van der Waals surface area contributed by atoms with Crippen molar-refractivity contribution in [1.29, 1.82) is 0 Å². The van der Waals surface area contributed by atoms with Crippen molar-refractivity contribution in [2.75, 3.05) is 0 Å². The number of Topliss-reactive ketones (excluding diaryl/α,β-unsaturated/α-hetero) is 1. The fourth-order valence-electron chi connectivity index (χ4n) is 2.78. The summed E-state index contributed by atoms with van der Waals surface area (Å²) in [5.41, 5.74) is 0. The van der Waals surface area contributed by atoms with Gasteiger partial charge in [0.2, 0.25) is 0 Å². The van der Waals surface area contributed by atoms with Crippen molar-refractivity contribution in [1.82, 2.24) is 0 Å². The van der Waals surface area contributed by atoms with Crippen molar-refractivity contribution in [3.8, 4) is 0 Å². The highest BCUT2D eigenvalue weighted by Crippen LogP contribution is 2.29. The summed E-state index contributed by atoms with van der Waals surface area (Å²) in [6.07, 6.45) is 12.3. The molecule has 0 amide bonds. The van der Waals surface area contributed by atoms with E-state index in [1.807, 2.05) is 0 Å². The van der Waals surface area contributed by atoms with Gasteiger partial charge in [-0.1, -0.05) is 52.4 Å². The van der Waals surface area contributed by atoms with Gasteiger partial charge < -0.3 is 0 Å². The summed E-state index contributed by atoms with van der Waals surface area (Å²) in [4.78, 5) is 11.7. The largest absolute Gasteiger partial charge is 0.299 e. The molecule has 1 fully saturated rings. The van der Waals surface area contributed by atoms with Crippen LogP contribution >= 0.6 is 0 Å². The van der Waals surface area contributed by atoms with Gasteiger partial charge in [-0.15, -0.1) is 0 Å². The second-order valence-electron chi connectivity index (χ2n) is 5.60. The van der Waals surface area contributed by atoms with Crippen LogP contribution in [0, 0.1) is 11.8 Å². The van der Waals surface area contributed by atoms with Crippen molar-refractivity contribution in [3.63, 3.8) is 0 Å². The molecule has 1 nitrogen and oxygen atoms in total. The first-order valence-electron chi connectivity index (χ1n) is 7.26. The molecular weight excluding hydrogens is 196 g/mol. The Bertz CT molecular complexity index is 198. The number of hydrogen-bond acceptors (Lipinski definition) is 1. The van der Waals surface area contributed by atoms with E-state index in [0.717, 1.165) is 31.6 Å². The van der Waals surface area contributed by atoms with Gasteiger partial charge in [0.15, 0.2) is 0 Å². The van der Waals surface area contributed by atoms with E-state index in [1.54, 1.807) is 0 Å². The van der Waals surface area contributed by atoms with Gasteiger partial charge in [-0.05, 0) is 25.2 Å². The van der Waals surface area contributed by atoms with E-state index in [0.29, 0.717) is 11.7 Å². The molecule has 0 aliphatic heterocycles. The summed E-state index contributed by atoms with van der Waals surface area (Å²) < 4.78 is 0. The van der Waals surface area contributed by atoms with Gasteiger partial charge >= 0.3 is 0 Å². The van der Waals surface area contributed by atoms with Gasteiger partial charge in [0.05, 0.1) is 0 Å². The number of ketones is 1.